The van der Waals surface area contributed by atoms with Crippen LogP contribution in [0.5, 0.6) is 0 Å². The number of alkyl halides is 3. The maximum Gasteiger partial charge on any atom is 0.417 e. The number of rotatable bonds is 2. The Bertz CT molecular complexity index is 734. The summed E-state index contributed by atoms with van der Waals surface area (Å²) in [5.74, 6) is -1.74. The average Bonchev–Trinajstić information content (AvgIpc) is 2.64. The van der Waals surface area contributed by atoms with Crippen LogP contribution in [0.4, 0.5) is 23.4 Å². The summed E-state index contributed by atoms with van der Waals surface area (Å²) in [6, 6.07) is 1.92. The molecule has 0 saturated carbocycles. The summed E-state index contributed by atoms with van der Waals surface area (Å²) in [5, 5.41) is 6.45. The highest BCUT2D eigenvalue weighted by molar-refractivity contribution is 6.05. The smallest absolute Gasteiger partial charge is 0.307 e. The van der Waals surface area contributed by atoms with Gasteiger partial charge in [0.1, 0.15) is 11.6 Å². The second kappa shape index (κ2) is 5.43. The van der Waals surface area contributed by atoms with Crippen LogP contribution in [0, 0.1) is 19.7 Å². The summed E-state index contributed by atoms with van der Waals surface area (Å²) < 4.78 is 53.2. The molecule has 8 heteroatoms. The fourth-order valence-electron chi connectivity index (χ4n) is 2.06. The number of benzene rings is 1. The molecule has 0 atom stereocenters. The quantitative estimate of drug-likeness (QED) is 0.863. The Morgan fingerprint density at radius 3 is 2.41 bits per heavy atom. The van der Waals surface area contributed by atoms with Crippen molar-refractivity contribution in [3.05, 3.63) is 46.4 Å². The van der Waals surface area contributed by atoms with Gasteiger partial charge in [-0.05, 0) is 32.0 Å². The number of halogens is 4. The number of aromatic nitrogens is 2. The third-order valence-corrected chi connectivity index (χ3v) is 3.29. The van der Waals surface area contributed by atoms with Gasteiger partial charge in [-0.1, -0.05) is 0 Å². The molecule has 1 aromatic heterocycles. The minimum Gasteiger partial charge on any atom is -0.307 e. The predicted octanol–water partition coefficient (Wildman–Crippen LogP) is 3.45. The summed E-state index contributed by atoms with van der Waals surface area (Å²) in [4.78, 5) is 12.1. The first-order chi connectivity index (χ1) is 10.1. The standard InChI is InChI=1S/C14H13F4N3O/c1-7-8(2)20-21(3)12(7)19-13(22)10-5-4-9(15)6-11(10)14(16,17)18/h4-6H,1-3H3,(H,19,22). The third kappa shape index (κ3) is 2.95. The molecule has 1 N–H and O–H groups in total. The van der Waals surface area contributed by atoms with Crippen LogP contribution in [-0.2, 0) is 13.2 Å². The van der Waals surface area contributed by atoms with Crippen molar-refractivity contribution < 1.29 is 22.4 Å². The van der Waals surface area contributed by atoms with E-state index in [4.69, 9.17) is 0 Å². The van der Waals surface area contributed by atoms with Crippen molar-refractivity contribution in [1.82, 2.24) is 9.78 Å². The van der Waals surface area contributed by atoms with Crippen molar-refractivity contribution >= 4 is 11.7 Å². The van der Waals surface area contributed by atoms with Gasteiger partial charge in [0.2, 0.25) is 0 Å². The first kappa shape index (κ1) is 16.0. The Hall–Kier alpha value is -2.38. The SMILES string of the molecule is Cc1nn(C)c(NC(=O)c2ccc(F)cc2C(F)(F)F)c1C. The van der Waals surface area contributed by atoms with Crippen molar-refractivity contribution in [2.45, 2.75) is 20.0 Å². The van der Waals surface area contributed by atoms with E-state index in [0.29, 0.717) is 23.1 Å². The van der Waals surface area contributed by atoms with E-state index < -0.39 is 29.0 Å². The normalized spacial score (nSPS) is 11.6. The maximum atomic E-state index is 13.1. The number of amides is 1. The molecule has 22 heavy (non-hydrogen) atoms. The zero-order chi connectivity index (χ0) is 16.7. The lowest BCUT2D eigenvalue weighted by Crippen LogP contribution is -2.20. The predicted molar refractivity (Wildman–Crippen MR) is 72.0 cm³/mol. The van der Waals surface area contributed by atoms with Gasteiger partial charge in [0.25, 0.3) is 5.91 Å². The maximum absolute atomic E-state index is 13.1. The second-order valence-corrected chi connectivity index (χ2v) is 4.82. The monoisotopic (exact) mass is 315 g/mol. The molecule has 0 aliphatic rings. The van der Waals surface area contributed by atoms with Crippen molar-refractivity contribution in [3.8, 4) is 0 Å². The van der Waals surface area contributed by atoms with E-state index in [2.05, 4.69) is 10.4 Å². The van der Waals surface area contributed by atoms with Crippen molar-refractivity contribution in [3.63, 3.8) is 0 Å². The molecular weight excluding hydrogens is 302 g/mol. The Kier molecular flexibility index (Phi) is 3.95. The van der Waals surface area contributed by atoms with E-state index in [1.54, 1.807) is 20.9 Å². The largest absolute Gasteiger partial charge is 0.417 e. The number of hydrogen-bond acceptors (Lipinski definition) is 2. The molecule has 2 rings (SSSR count). The van der Waals surface area contributed by atoms with Crippen LogP contribution in [0.15, 0.2) is 18.2 Å². The topological polar surface area (TPSA) is 46.9 Å². The van der Waals surface area contributed by atoms with Crippen LogP contribution in [0.3, 0.4) is 0 Å². The van der Waals surface area contributed by atoms with Gasteiger partial charge >= 0.3 is 6.18 Å². The van der Waals surface area contributed by atoms with Crippen LogP contribution >= 0.6 is 0 Å². The molecule has 0 aliphatic carbocycles. The third-order valence-electron chi connectivity index (χ3n) is 3.29. The average molecular weight is 315 g/mol. The minimum absolute atomic E-state index is 0.292. The number of anilines is 1. The molecule has 0 bridgehead atoms. The van der Waals surface area contributed by atoms with Crippen molar-refractivity contribution in [2.75, 3.05) is 5.32 Å². The molecule has 118 valence electrons. The summed E-state index contributed by atoms with van der Waals surface area (Å²) in [5.41, 5.74) is -0.673. The zero-order valence-corrected chi connectivity index (χ0v) is 12.0. The first-order valence-electron chi connectivity index (χ1n) is 6.29. The fourth-order valence-corrected chi connectivity index (χ4v) is 2.06. The van der Waals surface area contributed by atoms with Crippen LogP contribution in [-0.4, -0.2) is 15.7 Å². The lowest BCUT2D eigenvalue weighted by molar-refractivity contribution is -0.138. The van der Waals surface area contributed by atoms with Gasteiger partial charge in [0.05, 0.1) is 16.8 Å². The highest BCUT2D eigenvalue weighted by atomic mass is 19.4. The van der Waals surface area contributed by atoms with Crippen molar-refractivity contribution in [2.24, 2.45) is 7.05 Å². The number of nitrogens with zero attached hydrogens (tertiary/aromatic N) is 2. The van der Waals surface area contributed by atoms with E-state index in [-0.39, 0.29) is 0 Å². The fraction of sp³-hybridized carbons (Fsp3) is 0.286. The Labute approximate surface area is 123 Å². The molecule has 1 amide bonds. The van der Waals surface area contributed by atoms with Crippen LogP contribution < -0.4 is 5.32 Å². The van der Waals surface area contributed by atoms with Gasteiger partial charge in [0, 0.05) is 12.6 Å². The minimum atomic E-state index is -4.83. The molecule has 0 fully saturated rings. The van der Waals surface area contributed by atoms with E-state index >= 15 is 0 Å². The van der Waals surface area contributed by atoms with E-state index in [1.807, 2.05) is 0 Å². The second-order valence-electron chi connectivity index (χ2n) is 4.82. The molecule has 0 aliphatic heterocycles. The number of carbonyl (C=O) groups excluding carboxylic acids is 1. The van der Waals surface area contributed by atoms with E-state index in [0.717, 1.165) is 12.1 Å². The van der Waals surface area contributed by atoms with Crippen LogP contribution in [0.25, 0.3) is 0 Å². The molecule has 1 heterocycles. The van der Waals surface area contributed by atoms with E-state index in [9.17, 15) is 22.4 Å². The van der Waals surface area contributed by atoms with Gasteiger partial charge in [-0.15, -0.1) is 0 Å². The molecule has 2 aromatic rings. The van der Waals surface area contributed by atoms with Gasteiger partial charge in [0.15, 0.2) is 0 Å². The summed E-state index contributed by atoms with van der Waals surface area (Å²) in [6.07, 6.45) is -4.83. The summed E-state index contributed by atoms with van der Waals surface area (Å²) in [6.45, 7) is 3.40. The summed E-state index contributed by atoms with van der Waals surface area (Å²) in [7, 11) is 1.56. The molecule has 4 nitrogen and oxygen atoms in total. The lowest BCUT2D eigenvalue weighted by atomic mass is 10.1. The lowest BCUT2D eigenvalue weighted by Gasteiger charge is -2.13. The zero-order valence-electron chi connectivity index (χ0n) is 12.0. The number of aryl methyl sites for hydroxylation is 2. The van der Waals surface area contributed by atoms with Crippen LogP contribution in [0.1, 0.15) is 27.2 Å². The van der Waals surface area contributed by atoms with Crippen molar-refractivity contribution in [1.29, 1.82) is 0 Å². The van der Waals surface area contributed by atoms with Gasteiger partial charge in [-0.3, -0.25) is 9.48 Å². The number of hydrogen-bond donors (Lipinski definition) is 1. The van der Waals surface area contributed by atoms with E-state index in [1.165, 1.54) is 4.68 Å². The molecule has 0 spiro atoms. The summed E-state index contributed by atoms with van der Waals surface area (Å²) >= 11 is 0. The number of carbonyl (C=O) groups is 1. The Morgan fingerprint density at radius 1 is 1.27 bits per heavy atom. The molecule has 0 unspecified atom stereocenters. The highest BCUT2D eigenvalue weighted by Gasteiger charge is 2.36. The molecule has 0 radical (unpaired) electrons. The molecule has 0 saturated heterocycles. The van der Waals surface area contributed by atoms with Crippen LogP contribution in [0.2, 0.25) is 0 Å². The highest BCUT2D eigenvalue weighted by Crippen LogP contribution is 2.33. The van der Waals surface area contributed by atoms with Gasteiger partial charge < -0.3 is 5.32 Å². The molecular formula is C14H13F4N3O. The Morgan fingerprint density at radius 2 is 1.91 bits per heavy atom. The molecule has 1 aromatic carbocycles. The first-order valence-corrected chi connectivity index (χ1v) is 6.29. The Balaban J connectivity index is 2.42. The number of nitrogens with one attached hydrogen (secondary N) is 1. The van der Waals surface area contributed by atoms with Gasteiger partial charge in [-0.2, -0.15) is 18.3 Å². The van der Waals surface area contributed by atoms with Gasteiger partial charge in [-0.25, -0.2) is 4.39 Å².